The van der Waals surface area contributed by atoms with Crippen LogP contribution < -0.4 is 5.32 Å². The van der Waals surface area contributed by atoms with Gasteiger partial charge in [0, 0.05) is 23.2 Å². The number of hydrogen-bond acceptors (Lipinski definition) is 4. The summed E-state index contributed by atoms with van der Waals surface area (Å²) < 4.78 is 14.6. The Hall–Kier alpha value is -3.29. The highest BCUT2D eigenvalue weighted by Gasteiger charge is 2.43. The van der Waals surface area contributed by atoms with E-state index < -0.39 is 12.1 Å². The summed E-state index contributed by atoms with van der Waals surface area (Å²) in [7, 11) is 0. The molecule has 3 aromatic heterocycles. The molecule has 5 rings (SSSR count). The number of nitrogens with one attached hydrogen (secondary N) is 2. The summed E-state index contributed by atoms with van der Waals surface area (Å²) in [6.45, 7) is 2.03. The molecule has 3 heterocycles. The molecule has 26 heavy (non-hydrogen) atoms. The van der Waals surface area contributed by atoms with E-state index in [1.54, 1.807) is 23.0 Å². The van der Waals surface area contributed by atoms with Gasteiger partial charge in [-0.25, -0.2) is 13.9 Å². The molecule has 0 aliphatic heterocycles. The predicted octanol–water partition coefficient (Wildman–Crippen LogP) is 2.88. The SMILES string of the molecule is Cc1ccc2[nH]ncc2c1-c1ccn2nc(NC(=O)[C@@H]3C[C@@H]3F)cc2n1. The van der Waals surface area contributed by atoms with E-state index >= 15 is 0 Å². The monoisotopic (exact) mass is 350 g/mol. The summed E-state index contributed by atoms with van der Waals surface area (Å²) in [5.74, 6) is -0.512. The van der Waals surface area contributed by atoms with Gasteiger partial charge in [-0.3, -0.25) is 9.89 Å². The van der Waals surface area contributed by atoms with Crippen molar-refractivity contribution in [2.24, 2.45) is 5.92 Å². The van der Waals surface area contributed by atoms with Crippen LogP contribution in [0.3, 0.4) is 0 Å². The highest BCUT2D eigenvalue weighted by Crippen LogP contribution is 2.35. The quantitative estimate of drug-likeness (QED) is 0.595. The smallest absolute Gasteiger partial charge is 0.231 e. The van der Waals surface area contributed by atoms with E-state index in [2.05, 4.69) is 25.6 Å². The van der Waals surface area contributed by atoms with Crippen LogP contribution in [0.4, 0.5) is 10.2 Å². The molecule has 1 fully saturated rings. The fourth-order valence-electron chi connectivity index (χ4n) is 3.20. The standard InChI is InChI=1S/C18H15FN6O/c1-9-2-3-13-11(8-20-23-13)17(9)14-4-5-25-16(21-14)7-15(24-25)22-18(26)10-6-12(10)19/h2-5,7-8,10,12H,6H2,1H3,(H,20,23)(H,22,24,26)/t10-,12+/m1/s1. The molecule has 1 aliphatic rings. The minimum Gasteiger partial charge on any atom is -0.309 e. The van der Waals surface area contributed by atoms with Crippen LogP contribution >= 0.6 is 0 Å². The molecule has 4 aromatic rings. The number of aromatic nitrogens is 5. The van der Waals surface area contributed by atoms with Crippen LogP contribution in [0, 0.1) is 12.8 Å². The summed E-state index contributed by atoms with van der Waals surface area (Å²) in [4.78, 5) is 16.6. The number of alkyl halides is 1. The Bertz CT molecular complexity index is 1160. The van der Waals surface area contributed by atoms with Crippen molar-refractivity contribution in [1.82, 2.24) is 24.8 Å². The van der Waals surface area contributed by atoms with Crippen LogP contribution in [-0.4, -0.2) is 36.9 Å². The van der Waals surface area contributed by atoms with E-state index in [1.165, 1.54) is 0 Å². The molecule has 0 unspecified atom stereocenters. The van der Waals surface area contributed by atoms with E-state index in [1.807, 2.05) is 25.1 Å². The van der Waals surface area contributed by atoms with Gasteiger partial charge in [-0.1, -0.05) is 6.07 Å². The Labute approximate surface area is 147 Å². The Morgan fingerprint density at radius 3 is 3.04 bits per heavy atom. The molecule has 1 saturated carbocycles. The van der Waals surface area contributed by atoms with Crippen molar-refractivity contribution in [2.75, 3.05) is 5.32 Å². The number of anilines is 1. The molecule has 0 radical (unpaired) electrons. The third-order valence-electron chi connectivity index (χ3n) is 4.71. The van der Waals surface area contributed by atoms with E-state index in [9.17, 15) is 9.18 Å². The molecule has 2 N–H and O–H groups in total. The predicted molar refractivity (Wildman–Crippen MR) is 94.4 cm³/mol. The number of halogens is 1. The second-order valence-electron chi connectivity index (χ2n) is 6.58. The van der Waals surface area contributed by atoms with Crippen molar-refractivity contribution in [3.05, 3.63) is 42.2 Å². The first-order valence-electron chi connectivity index (χ1n) is 8.34. The number of hydrogen-bond donors (Lipinski definition) is 2. The number of aromatic amines is 1. The normalized spacial score (nSPS) is 19.2. The molecule has 130 valence electrons. The summed E-state index contributed by atoms with van der Waals surface area (Å²) in [6, 6.07) is 7.57. The first-order valence-corrected chi connectivity index (χ1v) is 8.34. The Kier molecular flexibility index (Phi) is 3.09. The highest BCUT2D eigenvalue weighted by molar-refractivity contribution is 5.96. The van der Waals surface area contributed by atoms with Crippen LogP contribution in [0.25, 0.3) is 27.8 Å². The molecule has 1 aliphatic carbocycles. The number of rotatable bonds is 3. The zero-order valence-electron chi connectivity index (χ0n) is 13.9. The number of H-pyrrole nitrogens is 1. The van der Waals surface area contributed by atoms with Gasteiger partial charge in [-0.15, -0.1) is 5.10 Å². The maximum Gasteiger partial charge on any atom is 0.231 e. The summed E-state index contributed by atoms with van der Waals surface area (Å²) in [6.07, 6.45) is 2.83. The molecule has 1 amide bonds. The topological polar surface area (TPSA) is 88.0 Å². The molecule has 8 heteroatoms. The van der Waals surface area contributed by atoms with E-state index in [0.29, 0.717) is 11.5 Å². The summed E-state index contributed by atoms with van der Waals surface area (Å²) in [5, 5.41) is 15.0. The zero-order chi connectivity index (χ0) is 17.8. The van der Waals surface area contributed by atoms with Gasteiger partial charge in [-0.05, 0) is 31.0 Å². The third kappa shape index (κ3) is 2.33. The second kappa shape index (κ2) is 5.35. The average Bonchev–Trinajstić information content (AvgIpc) is 3.02. The van der Waals surface area contributed by atoms with Crippen LogP contribution in [-0.2, 0) is 4.79 Å². The lowest BCUT2D eigenvalue weighted by Gasteiger charge is -2.07. The molecular weight excluding hydrogens is 335 g/mol. The largest absolute Gasteiger partial charge is 0.309 e. The number of amides is 1. The first kappa shape index (κ1) is 15.0. The molecular formula is C18H15FN6O. The lowest BCUT2D eigenvalue weighted by Crippen LogP contribution is -2.15. The highest BCUT2D eigenvalue weighted by atomic mass is 19.1. The number of nitrogens with zero attached hydrogens (tertiary/aromatic N) is 4. The van der Waals surface area contributed by atoms with Gasteiger partial charge in [0.05, 0.1) is 23.3 Å². The van der Waals surface area contributed by atoms with Gasteiger partial charge in [-0.2, -0.15) is 5.10 Å². The van der Waals surface area contributed by atoms with Crippen molar-refractivity contribution in [3.8, 4) is 11.3 Å². The molecule has 0 saturated heterocycles. The van der Waals surface area contributed by atoms with Crippen LogP contribution in [0.5, 0.6) is 0 Å². The fourth-order valence-corrected chi connectivity index (χ4v) is 3.20. The van der Waals surface area contributed by atoms with Gasteiger partial charge in [0.25, 0.3) is 0 Å². The third-order valence-corrected chi connectivity index (χ3v) is 4.71. The van der Waals surface area contributed by atoms with Gasteiger partial charge in [0.15, 0.2) is 11.5 Å². The minimum atomic E-state index is -1.03. The number of benzene rings is 1. The van der Waals surface area contributed by atoms with Crippen LogP contribution in [0.1, 0.15) is 12.0 Å². The molecule has 2 atom stereocenters. The van der Waals surface area contributed by atoms with Gasteiger partial charge in [0.2, 0.25) is 5.91 Å². The van der Waals surface area contributed by atoms with E-state index in [4.69, 9.17) is 0 Å². The fraction of sp³-hybridized carbons (Fsp3) is 0.222. The lowest BCUT2D eigenvalue weighted by atomic mass is 10.0. The molecule has 7 nitrogen and oxygen atoms in total. The van der Waals surface area contributed by atoms with Crippen LogP contribution in [0.2, 0.25) is 0 Å². The van der Waals surface area contributed by atoms with Crippen molar-refractivity contribution in [2.45, 2.75) is 19.5 Å². The van der Waals surface area contributed by atoms with Crippen LogP contribution in [0.15, 0.2) is 36.7 Å². The number of carbonyl (C=O) groups is 1. The Morgan fingerprint density at radius 1 is 1.38 bits per heavy atom. The minimum absolute atomic E-state index is 0.287. The summed E-state index contributed by atoms with van der Waals surface area (Å²) in [5.41, 5.74) is 4.44. The second-order valence-corrected chi connectivity index (χ2v) is 6.58. The lowest BCUT2D eigenvalue weighted by molar-refractivity contribution is -0.117. The van der Waals surface area contributed by atoms with Crippen molar-refractivity contribution in [3.63, 3.8) is 0 Å². The molecule has 0 bridgehead atoms. The van der Waals surface area contributed by atoms with E-state index in [-0.39, 0.29) is 12.3 Å². The molecule has 1 aromatic carbocycles. The van der Waals surface area contributed by atoms with E-state index in [0.717, 1.165) is 27.7 Å². The Morgan fingerprint density at radius 2 is 2.23 bits per heavy atom. The van der Waals surface area contributed by atoms with Crippen molar-refractivity contribution in [1.29, 1.82) is 0 Å². The van der Waals surface area contributed by atoms with Crippen molar-refractivity contribution >= 4 is 28.3 Å². The number of carbonyl (C=O) groups excluding carboxylic acids is 1. The maximum absolute atomic E-state index is 13.0. The number of aryl methyl sites for hydroxylation is 1. The maximum atomic E-state index is 13.0. The Balaban J connectivity index is 1.54. The zero-order valence-corrected chi connectivity index (χ0v) is 13.9. The van der Waals surface area contributed by atoms with Crippen molar-refractivity contribution < 1.29 is 9.18 Å². The van der Waals surface area contributed by atoms with Gasteiger partial charge in [0.1, 0.15) is 6.17 Å². The first-order chi connectivity index (χ1) is 12.6. The number of fused-ring (bicyclic) bond motifs is 2. The average molecular weight is 350 g/mol. The molecule has 0 spiro atoms. The van der Waals surface area contributed by atoms with Gasteiger partial charge >= 0.3 is 0 Å². The summed E-state index contributed by atoms with van der Waals surface area (Å²) >= 11 is 0. The van der Waals surface area contributed by atoms with Gasteiger partial charge < -0.3 is 5.32 Å².